The van der Waals surface area contributed by atoms with E-state index in [1.807, 2.05) is 0 Å². The molecule has 1 atom stereocenters. The number of amides is 3. The van der Waals surface area contributed by atoms with E-state index in [1.165, 1.54) is 11.3 Å². The molecule has 0 radical (unpaired) electrons. The number of nitrogens with zero attached hydrogens (tertiary/aromatic N) is 1. The number of aryl methyl sites for hydroxylation is 1. The Morgan fingerprint density at radius 3 is 2.68 bits per heavy atom. The molecule has 8 nitrogen and oxygen atoms in total. The highest BCUT2D eigenvalue weighted by Gasteiger charge is 2.21. The van der Waals surface area contributed by atoms with Crippen LogP contribution in [0.4, 0.5) is 4.79 Å². The van der Waals surface area contributed by atoms with Crippen LogP contribution in [-0.4, -0.2) is 34.0 Å². The van der Waals surface area contributed by atoms with Crippen LogP contribution >= 0.6 is 11.3 Å². The third-order valence-corrected chi connectivity index (χ3v) is 3.20. The molecular weight excluding hydrogens is 272 g/mol. The molecule has 0 saturated heterocycles. The number of nitrogens with two attached hydrogens (primary N) is 1. The number of aromatic nitrogens is 1. The molecule has 9 heteroatoms. The molecular formula is C10H14N4O4S. The quantitative estimate of drug-likeness (QED) is 0.563. The predicted molar refractivity (Wildman–Crippen MR) is 67.5 cm³/mol. The van der Waals surface area contributed by atoms with Gasteiger partial charge in [0, 0.05) is 4.88 Å². The number of aliphatic carboxylic acids is 1. The largest absolute Gasteiger partial charge is 0.480 e. The summed E-state index contributed by atoms with van der Waals surface area (Å²) in [5, 5.41) is 13.5. The molecule has 0 bridgehead atoms. The maximum atomic E-state index is 11.5. The van der Waals surface area contributed by atoms with E-state index in [4.69, 9.17) is 10.8 Å². The van der Waals surface area contributed by atoms with E-state index in [1.54, 1.807) is 12.4 Å². The summed E-state index contributed by atoms with van der Waals surface area (Å²) in [6.07, 6.45) is -0.456. The molecule has 0 aromatic carbocycles. The summed E-state index contributed by atoms with van der Waals surface area (Å²) in [4.78, 5) is 37.8. The van der Waals surface area contributed by atoms with Gasteiger partial charge in [0.05, 0.1) is 24.2 Å². The SMILES string of the molecule is Cc1ncsc1CNC(=O)N[C@H](CC(N)=O)C(=O)O. The lowest BCUT2D eigenvalue weighted by atomic mass is 10.2. The summed E-state index contributed by atoms with van der Waals surface area (Å²) >= 11 is 1.38. The molecule has 0 spiro atoms. The maximum absolute atomic E-state index is 11.5. The molecule has 1 aromatic heterocycles. The summed E-state index contributed by atoms with van der Waals surface area (Å²) < 4.78 is 0. The van der Waals surface area contributed by atoms with Crippen LogP contribution in [0.5, 0.6) is 0 Å². The lowest BCUT2D eigenvalue weighted by molar-refractivity contribution is -0.140. The van der Waals surface area contributed by atoms with E-state index in [2.05, 4.69) is 15.6 Å². The van der Waals surface area contributed by atoms with Crippen molar-refractivity contribution in [3.8, 4) is 0 Å². The zero-order chi connectivity index (χ0) is 14.4. The number of carboxylic acids is 1. The monoisotopic (exact) mass is 286 g/mol. The van der Waals surface area contributed by atoms with E-state index in [0.29, 0.717) is 0 Å². The van der Waals surface area contributed by atoms with E-state index < -0.39 is 30.4 Å². The van der Waals surface area contributed by atoms with Crippen LogP contribution in [0.3, 0.4) is 0 Å². The van der Waals surface area contributed by atoms with Gasteiger partial charge < -0.3 is 21.5 Å². The highest BCUT2D eigenvalue weighted by Crippen LogP contribution is 2.10. The summed E-state index contributed by atoms with van der Waals surface area (Å²) in [6, 6.07) is -2.01. The predicted octanol–water partition coefficient (Wildman–Crippen LogP) is -0.421. The number of carbonyl (C=O) groups excluding carboxylic acids is 2. The molecule has 0 aliphatic rings. The highest BCUT2D eigenvalue weighted by molar-refractivity contribution is 7.09. The first-order chi connectivity index (χ1) is 8.90. The summed E-state index contributed by atoms with van der Waals surface area (Å²) in [7, 11) is 0. The first kappa shape index (κ1) is 14.9. The summed E-state index contributed by atoms with van der Waals surface area (Å²) in [5.41, 5.74) is 7.35. The smallest absolute Gasteiger partial charge is 0.326 e. The third-order valence-electron chi connectivity index (χ3n) is 2.26. The number of urea groups is 1. The fourth-order valence-electron chi connectivity index (χ4n) is 1.27. The van der Waals surface area contributed by atoms with Crippen LogP contribution in [0.1, 0.15) is 17.0 Å². The maximum Gasteiger partial charge on any atom is 0.326 e. The highest BCUT2D eigenvalue weighted by atomic mass is 32.1. The second-order valence-corrected chi connectivity index (χ2v) is 4.69. The Morgan fingerprint density at radius 1 is 1.53 bits per heavy atom. The number of nitrogens with one attached hydrogen (secondary N) is 2. The van der Waals surface area contributed by atoms with Gasteiger partial charge in [0.15, 0.2) is 0 Å². The fraction of sp³-hybridized carbons (Fsp3) is 0.400. The third kappa shape index (κ3) is 4.92. The van der Waals surface area contributed by atoms with Crippen molar-refractivity contribution in [1.82, 2.24) is 15.6 Å². The molecule has 1 rings (SSSR count). The number of rotatable bonds is 6. The molecule has 0 saturated carbocycles. The van der Waals surface area contributed by atoms with E-state index >= 15 is 0 Å². The lowest BCUT2D eigenvalue weighted by Crippen LogP contribution is -2.47. The second kappa shape index (κ2) is 6.69. The molecule has 0 fully saturated rings. The Balaban J connectivity index is 2.47. The Hall–Kier alpha value is -2.16. The second-order valence-electron chi connectivity index (χ2n) is 3.75. The van der Waals surface area contributed by atoms with Gasteiger partial charge in [-0.2, -0.15) is 0 Å². The minimum Gasteiger partial charge on any atom is -0.480 e. The normalized spacial score (nSPS) is 11.6. The number of thiazole rings is 1. The standard InChI is InChI=1S/C10H14N4O4S/c1-5-7(19-4-13-5)3-12-10(18)14-6(9(16)17)2-8(11)15/h4,6H,2-3H2,1H3,(H2,11,15)(H,16,17)(H2,12,14,18)/t6-/m1/s1. The number of carbonyl (C=O) groups is 3. The van der Waals surface area contributed by atoms with Crippen molar-refractivity contribution in [3.63, 3.8) is 0 Å². The van der Waals surface area contributed by atoms with E-state index in [9.17, 15) is 14.4 Å². The Kier molecular flexibility index (Phi) is 5.24. The average Bonchev–Trinajstić information content (AvgIpc) is 2.70. The van der Waals surface area contributed by atoms with Crippen molar-refractivity contribution in [2.24, 2.45) is 5.73 Å². The van der Waals surface area contributed by atoms with Crippen molar-refractivity contribution in [3.05, 3.63) is 16.1 Å². The van der Waals surface area contributed by atoms with Gasteiger partial charge in [-0.05, 0) is 6.92 Å². The average molecular weight is 286 g/mol. The van der Waals surface area contributed by atoms with Gasteiger partial charge in [0.25, 0.3) is 0 Å². The minimum absolute atomic E-state index is 0.241. The summed E-state index contributed by atoms with van der Waals surface area (Å²) in [5.74, 6) is -2.12. The molecule has 5 N–H and O–H groups in total. The number of hydrogen-bond acceptors (Lipinski definition) is 5. The molecule has 3 amide bonds. The van der Waals surface area contributed by atoms with Crippen molar-refractivity contribution in [2.45, 2.75) is 25.9 Å². The molecule has 1 aromatic rings. The van der Waals surface area contributed by atoms with Crippen molar-refractivity contribution >= 4 is 29.2 Å². The van der Waals surface area contributed by atoms with Crippen LogP contribution in [0.2, 0.25) is 0 Å². The molecule has 0 aliphatic heterocycles. The van der Waals surface area contributed by atoms with E-state index in [0.717, 1.165) is 10.6 Å². The van der Waals surface area contributed by atoms with Crippen molar-refractivity contribution in [1.29, 1.82) is 0 Å². The zero-order valence-electron chi connectivity index (χ0n) is 10.2. The topological polar surface area (TPSA) is 134 Å². The van der Waals surface area contributed by atoms with Crippen LogP contribution in [0, 0.1) is 6.92 Å². The van der Waals surface area contributed by atoms with Gasteiger partial charge in [-0.3, -0.25) is 4.79 Å². The Bertz CT molecular complexity index is 488. The van der Waals surface area contributed by atoms with Gasteiger partial charge in [0.2, 0.25) is 5.91 Å². The Labute approximate surface area is 113 Å². The lowest BCUT2D eigenvalue weighted by Gasteiger charge is -2.13. The van der Waals surface area contributed by atoms with E-state index in [-0.39, 0.29) is 6.54 Å². The molecule has 1 heterocycles. The molecule has 0 unspecified atom stereocenters. The zero-order valence-corrected chi connectivity index (χ0v) is 11.0. The number of carboxylic acid groups (broad SMARTS) is 1. The van der Waals surface area contributed by atoms with Crippen molar-refractivity contribution in [2.75, 3.05) is 0 Å². The first-order valence-electron chi connectivity index (χ1n) is 5.34. The molecule has 19 heavy (non-hydrogen) atoms. The van der Waals surface area contributed by atoms with Crippen LogP contribution in [-0.2, 0) is 16.1 Å². The van der Waals surface area contributed by atoms with Gasteiger partial charge in [-0.1, -0.05) is 0 Å². The van der Waals surface area contributed by atoms with Gasteiger partial charge in [-0.25, -0.2) is 14.6 Å². The van der Waals surface area contributed by atoms with Crippen LogP contribution < -0.4 is 16.4 Å². The molecule has 104 valence electrons. The molecule has 0 aliphatic carbocycles. The van der Waals surface area contributed by atoms with Crippen LogP contribution in [0.15, 0.2) is 5.51 Å². The van der Waals surface area contributed by atoms with Gasteiger partial charge in [-0.15, -0.1) is 11.3 Å². The summed E-state index contributed by atoms with van der Waals surface area (Å²) in [6.45, 7) is 2.05. The number of hydrogen-bond donors (Lipinski definition) is 4. The Morgan fingerprint density at radius 2 is 2.21 bits per heavy atom. The number of primary amides is 1. The van der Waals surface area contributed by atoms with Gasteiger partial charge in [0.1, 0.15) is 6.04 Å². The first-order valence-corrected chi connectivity index (χ1v) is 6.22. The minimum atomic E-state index is -1.33. The van der Waals surface area contributed by atoms with Gasteiger partial charge >= 0.3 is 12.0 Å². The van der Waals surface area contributed by atoms with Crippen molar-refractivity contribution < 1.29 is 19.5 Å². The van der Waals surface area contributed by atoms with Crippen LogP contribution in [0.25, 0.3) is 0 Å². The fourth-order valence-corrected chi connectivity index (χ4v) is 1.98.